The fraction of sp³-hybridized carbons (Fsp3) is 0.308. The van der Waals surface area contributed by atoms with E-state index in [1.165, 1.54) is 11.3 Å². The summed E-state index contributed by atoms with van der Waals surface area (Å²) in [5.41, 5.74) is 1.59. The van der Waals surface area contributed by atoms with E-state index in [-0.39, 0.29) is 5.97 Å². The van der Waals surface area contributed by atoms with Gasteiger partial charge in [0.2, 0.25) is 0 Å². The molecule has 2 aromatic heterocycles. The van der Waals surface area contributed by atoms with Crippen LogP contribution in [0.5, 0.6) is 0 Å². The van der Waals surface area contributed by atoms with Crippen molar-refractivity contribution in [3.63, 3.8) is 0 Å². The lowest BCUT2D eigenvalue weighted by atomic mass is 10.4. The predicted molar refractivity (Wildman–Crippen MR) is 75.1 cm³/mol. The maximum Gasteiger partial charge on any atom is 0.350 e. The summed E-state index contributed by atoms with van der Waals surface area (Å²) in [4.78, 5) is 20.8. The van der Waals surface area contributed by atoms with Crippen molar-refractivity contribution in [3.8, 4) is 0 Å². The van der Waals surface area contributed by atoms with Crippen LogP contribution in [0, 0.1) is 13.8 Å². The molecule has 2 heterocycles. The molecule has 0 aliphatic rings. The Morgan fingerprint density at radius 3 is 2.84 bits per heavy atom. The maximum absolute atomic E-state index is 11.7. The van der Waals surface area contributed by atoms with Gasteiger partial charge in [-0.1, -0.05) is 17.4 Å². The van der Waals surface area contributed by atoms with Gasteiger partial charge in [0.15, 0.2) is 5.13 Å². The fourth-order valence-electron chi connectivity index (χ4n) is 1.56. The molecule has 19 heavy (non-hydrogen) atoms. The Morgan fingerprint density at radius 1 is 1.37 bits per heavy atom. The van der Waals surface area contributed by atoms with E-state index in [4.69, 9.17) is 4.74 Å². The summed E-state index contributed by atoms with van der Waals surface area (Å²) in [5, 5.41) is 3.73. The Morgan fingerprint density at radius 2 is 2.16 bits per heavy atom. The van der Waals surface area contributed by atoms with Gasteiger partial charge in [-0.25, -0.2) is 14.8 Å². The summed E-state index contributed by atoms with van der Waals surface area (Å²) in [6.07, 6.45) is 0. The highest BCUT2D eigenvalue weighted by Gasteiger charge is 2.16. The zero-order valence-electron chi connectivity index (χ0n) is 11.1. The minimum Gasteiger partial charge on any atom is -0.462 e. The number of hydrogen-bond donors (Lipinski definition) is 1. The number of ether oxygens (including phenoxy) is 1. The molecule has 0 fully saturated rings. The van der Waals surface area contributed by atoms with E-state index in [0.717, 1.165) is 5.69 Å². The monoisotopic (exact) mass is 277 g/mol. The molecule has 0 unspecified atom stereocenters. The maximum atomic E-state index is 11.7. The SMILES string of the molecule is CCOC(=O)c1sc(Nc2cccc(C)n2)nc1C. The number of esters is 1. The molecular formula is C13H15N3O2S. The number of pyridine rings is 1. The summed E-state index contributed by atoms with van der Waals surface area (Å²) in [6, 6.07) is 5.69. The smallest absolute Gasteiger partial charge is 0.350 e. The second kappa shape index (κ2) is 5.79. The van der Waals surface area contributed by atoms with Crippen LogP contribution in [0.3, 0.4) is 0 Å². The Balaban J connectivity index is 2.18. The number of thiazole rings is 1. The van der Waals surface area contributed by atoms with Crippen LogP contribution in [0.2, 0.25) is 0 Å². The molecule has 0 bridgehead atoms. The standard InChI is InChI=1S/C13H15N3O2S/c1-4-18-12(17)11-9(3)15-13(19-11)16-10-7-5-6-8(2)14-10/h5-7H,4H2,1-3H3,(H,14,15,16). The Bertz CT molecular complexity index is 595. The highest BCUT2D eigenvalue weighted by Crippen LogP contribution is 2.25. The molecule has 0 aromatic carbocycles. The number of carbonyl (C=O) groups is 1. The molecule has 0 saturated heterocycles. The number of nitrogens with zero attached hydrogens (tertiary/aromatic N) is 2. The largest absolute Gasteiger partial charge is 0.462 e. The molecule has 100 valence electrons. The van der Waals surface area contributed by atoms with Crippen LogP contribution in [-0.2, 0) is 4.74 Å². The van der Waals surface area contributed by atoms with Crippen molar-refractivity contribution >= 4 is 28.3 Å². The first-order valence-electron chi connectivity index (χ1n) is 5.95. The molecule has 0 radical (unpaired) electrons. The van der Waals surface area contributed by atoms with Crippen molar-refractivity contribution in [2.75, 3.05) is 11.9 Å². The van der Waals surface area contributed by atoms with E-state index in [0.29, 0.717) is 28.1 Å². The van der Waals surface area contributed by atoms with Gasteiger partial charge in [-0.2, -0.15) is 0 Å². The van der Waals surface area contributed by atoms with Crippen molar-refractivity contribution in [1.29, 1.82) is 0 Å². The minimum atomic E-state index is -0.331. The van der Waals surface area contributed by atoms with Crippen molar-refractivity contribution in [1.82, 2.24) is 9.97 Å². The van der Waals surface area contributed by atoms with Crippen molar-refractivity contribution in [2.24, 2.45) is 0 Å². The quantitative estimate of drug-likeness (QED) is 0.870. The highest BCUT2D eigenvalue weighted by molar-refractivity contribution is 7.17. The zero-order valence-corrected chi connectivity index (χ0v) is 11.9. The summed E-state index contributed by atoms with van der Waals surface area (Å²) in [6.45, 7) is 5.85. The molecule has 0 aliphatic heterocycles. The number of rotatable bonds is 4. The number of nitrogens with one attached hydrogen (secondary N) is 1. The third-order valence-corrected chi connectivity index (χ3v) is 3.43. The van der Waals surface area contributed by atoms with Gasteiger partial charge in [-0.15, -0.1) is 0 Å². The average Bonchev–Trinajstić information content (AvgIpc) is 2.70. The van der Waals surface area contributed by atoms with Gasteiger partial charge >= 0.3 is 5.97 Å². The van der Waals surface area contributed by atoms with E-state index in [9.17, 15) is 4.79 Å². The third-order valence-electron chi connectivity index (χ3n) is 2.38. The Kier molecular flexibility index (Phi) is 4.11. The lowest BCUT2D eigenvalue weighted by Gasteiger charge is -2.01. The van der Waals surface area contributed by atoms with Gasteiger partial charge in [0.25, 0.3) is 0 Å². The highest BCUT2D eigenvalue weighted by atomic mass is 32.1. The molecule has 0 saturated carbocycles. The van der Waals surface area contributed by atoms with E-state index in [1.54, 1.807) is 13.8 Å². The summed E-state index contributed by atoms with van der Waals surface area (Å²) in [5.74, 6) is 0.381. The van der Waals surface area contributed by atoms with Crippen LogP contribution in [0.25, 0.3) is 0 Å². The zero-order chi connectivity index (χ0) is 13.8. The van der Waals surface area contributed by atoms with Crippen LogP contribution >= 0.6 is 11.3 Å². The van der Waals surface area contributed by atoms with Crippen LogP contribution in [0.4, 0.5) is 10.9 Å². The summed E-state index contributed by atoms with van der Waals surface area (Å²) in [7, 11) is 0. The van der Waals surface area contributed by atoms with E-state index < -0.39 is 0 Å². The van der Waals surface area contributed by atoms with Gasteiger partial charge in [0.1, 0.15) is 10.7 Å². The second-order valence-corrected chi connectivity index (χ2v) is 4.94. The van der Waals surface area contributed by atoms with Crippen LogP contribution in [0.15, 0.2) is 18.2 Å². The normalized spacial score (nSPS) is 10.3. The van der Waals surface area contributed by atoms with Gasteiger partial charge < -0.3 is 10.1 Å². The van der Waals surface area contributed by atoms with Crippen molar-refractivity contribution in [2.45, 2.75) is 20.8 Å². The first-order chi connectivity index (χ1) is 9.10. The molecule has 6 heteroatoms. The number of aryl methyl sites for hydroxylation is 2. The lowest BCUT2D eigenvalue weighted by molar-refractivity contribution is 0.0531. The molecule has 1 N–H and O–H groups in total. The average molecular weight is 277 g/mol. The van der Waals surface area contributed by atoms with Crippen molar-refractivity contribution in [3.05, 3.63) is 34.5 Å². The molecule has 2 rings (SSSR count). The lowest BCUT2D eigenvalue weighted by Crippen LogP contribution is -2.03. The number of aromatic nitrogens is 2. The fourth-order valence-corrected chi connectivity index (χ4v) is 2.43. The molecule has 0 amide bonds. The molecule has 0 aliphatic carbocycles. The summed E-state index contributed by atoms with van der Waals surface area (Å²) < 4.78 is 4.98. The third kappa shape index (κ3) is 3.29. The van der Waals surface area contributed by atoms with E-state index in [1.807, 2.05) is 25.1 Å². The van der Waals surface area contributed by atoms with Crippen molar-refractivity contribution < 1.29 is 9.53 Å². The van der Waals surface area contributed by atoms with Gasteiger partial charge in [-0.05, 0) is 32.9 Å². The first kappa shape index (κ1) is 13.5. The van der Waals surface area contributed by atoms with Crippen LogP contribution < -0.4 is 5.32 Å². The van der Waals surface area contributed by atoms with Crippen LogP contribution in [0.1, 0.15) is 28.0 Å². The second-order valence-electron chi connectivity index (χ2n) is 3.94. The first-order valence-corrected chi connectivity index (χ1v) is 6.77. The molecule has 0 spiro atoms. The van der Waals surface area contributed by atoms with Gasteiger partial charge in [0.05, 0.1) is 12.3 Å². The number of hydrogen-bond acceptors (Lipinski definition) is 6. The number of carbonyl (C=O) groups excluding carboxylic acids is 1. The topological polar surface area (TPSA) is 64.1 Å². The van der Waals surface area contributed by atoms with E-state index >= 15 is 0 Å². The predicted octanol–water partition coefficient (Wildman–Crippen LogP) is 3.08. The molecule has 2 aromatic rings. The Labute approximate surface area is 115 Å². The summed E-state index contributed by atoms with van der Waals surface area (Å²) >= 11 is 1.27. The number of anilines is 2. The Hall–Kier alpha value is -1.95. The molecule has 5 nitrogen and oxygen atoms in total. The molecule has 0 atom stereocenters. The molecular weight excluding hydrogens is 262 g/mol. The van der Waals surface area contributed by atoms with Gasteiger partial charge in [0, 0.05) is 5.69 Å². The van der Waals surface area contributed by atoms with Gasteiger partial charge in [-0.3, -0.25) is 0 Å². The van der Waals surface area contributed by atoms with E-state index in [2.05, 4.69) is 15.3 Å². The minimum absolute atomic E-state index is 0.331. The van der Waals surface area contributed by atoms with Crippen LogP contribution in [-0.4, -0.2) is 22.5 Å².